The van der Waals surface area contributed by atoms with Crippen molar-refractivity contribution in [1.29, 1.82) is 0 Å². The van der Waals surface area contributed by atoms with Crippen LogP contribution in [0.4, 0.5) is 0 Å². The van der Waals surface area contributed by atoms with Crippen molar-refractivity contribution < 1.29 is 45.4 Å². The van der Waals surface area contributed by atoms with Crippen LogP contribution in [-0.2, 0) is 20.2 Å². The molecule has 0 spiro atoms. The molecule has 0 saturated heterocycles. The first-order chi connectivity index (χ1) is 15.3. The van der Waals surface area contributed by atoms with Gasteiger partial charge in [-0.3, -0.25) is 13.9 Å². The number of carboxylic acids is 1. The monoisotopic (exact) mass is 492 g/mol. The largest absolute Gasteiger partial charge is 0.506 e. The van der Waals surface area contributed by atoms with Gasteiger partial charge in [-0.25, -0.2) is 4.79 Å². The highest BCUT2D eigenvalue weighted by atomic mass is 32.2. The number of aromatic carboxylic acids is 1. The Balaban J connectivity index is 2.40. The number of phenolic OH excluding ortho intramolecular Hbond substituents is 1. The van der Waals surface area contributed by atoms with Crippen molar-refractivity contribution in [2.75, 3.05) is 0 Å². The number of rotatable bonds is 4. The third kappa shape index (κ3) is 3.62. The van der Waals surface area contributed by atoms with Gasteiger partial charge in [0.1, 0.15) is 5.75 Å². The first-order valence-corrected chi connectivity index (χ1v) is 11.7. The Morgan fingerprint density at radius 3 is 2.06 bits per heavy atom. The Labute approximate surface area is 185 Å². The van der Waals surface area contributed by atoms with E-state index in [1.807, 2.05) is 0 Å². The summed E-state index contributed by atoms with van der Waals surface area (Å²) in [6.07, 6.45) is 0. The zero-order valence-corrected chi connectivity index (χ0v) is 17.7. The van der Waals surface area contributed by atoms with Gasteiger partial charge in [-0.1, -0.05) is 18.2 Å². The van der Waals surface area contributed by atoms with Gasteiger partial charge in [0.2, 0.25) is 5.43 Å². The fourth-order valence-corrected chi connectivity index (χ4v) is 5.04. The molecule has 11 nitrogen and oxygen atoms in total. The quantitative estimate of drug-likeness (QED) is 0.241. The lowest BCUT2D eigenvalue weighted by Crippen LogP contribution is -2.16. The minimum atomic E-state index is -5.21. The topological polar surface area (TPSA) is 196 Å². The van der Waals surface area contributed by atoms with Crippen LogP contribution in [0, 0.1) is 0 Å². The summed E-state index contributed by atoms with van der Waals surface area (Å²) in [5.41, 5.74) is -2.50. The second-order valence-corrected chi connectivity index (χ2v) is 9.55. The number of aromatic hydroxyl groups is 1. The van der Waals surface area contributed by atoms with Gasteiger partial charge < -0.3 is 14.6 Å². The average molecular weight is 492 g/mol. The van der Waals surface area contributed by atoms with Gasteiger partial charge in [0.25, 0.3) is 0 Å². The molecule has 0 radical (unpaired) electrons. The summed E-state index contributed by atoms with van der Waals surface area (Å²) in [6.45, 7) is 0. The molecule has 0 saturated carbocycles. The molecular formula is C20H12O11S2. The molecule has 2 aromatic carbocycles. The van der Waals surface area contributed by atoms with E-state index >= 15 is 0 Å². The van der Waals surface area contributed by atoms with E-state index in [9.17, 15) is 45.7 Å². The molecule has 4 N–H and O–H groups in total. The van der Waals surface area contributed by atoms with E-state index in [2.05, 4.69) is 0 Å². The number of carboxylic acid groups (broad SMARTS) is 1. The summed E-state index contributed by atoms with van der Waals surface area (Å²) in [5, 5.41) is 19.6. The standard InChI is InChI=1S/C20H12O11S2/c21-13-7-5-11-15(9-3-1-2-4-10(9)20(23)24)12-6-8-14(22)19(33(28,29)30)17(12)31-16(11)18(13)32(25,26)27/h1-8,21H,(H,23,24)(H,25,26,27)(H,28,29,30). The summed E-state index contributed by atoms with van der Waals surface area (Å²) in [6, 6.07) is 9.44. The molecule has 2 aromatic rings. The van der Waals surface area contributed by atoms with Crippen LogP contribution in [0.25, 0.3) is 33.4 Å². The maximum absolute atomic E-state index is 12.3. The van der Waals surface area contributed by atoms with Crippen LogP contribution in [0.1, 0.15) is 10.4 Å². The van der Waals surface area contributed by atoms with Gasteiger partial charge in [-0.2, -0.15) is 16.8 Å². The van der Waals surface area contributed by atoms with Crippen molar-refractivity contribution in [2.24, 2.45) is 0 Å². The molecule has 33 heavy (non-hydrogen) atoms. The Kier molecular flexibility index (Phi) is 5.01. The number of carbonyl (C=O) groups is 1. The molecule has 0 fully saturated rings. The fraction of sp³-hybridized carbons (Fsp3) is 0. The number of phenols is 1. The first-order valence-electron chi connectivity index (χ1n) is 8.85. The third-order valence-electron chi connectivity index (χ3n) is 4.85. The van der Waals surface area contributed by atoms with Crippen LogP contribution in [-0.4, -0.2) is 42.1 Å². The molecule has 0 aromatic heterocycles. The van der Waals surface area contributed by atoms with Crippen LogP contribution >= 0.6 is 0 Å². The zero-order valence-electron chi connectivity index (χ0n) is 16.1. The van der Waals surface area contributed by atoms with E-state index < -0.39 is 58.5 Å². The van der Waals surface area contributed by atoms with Crippen molar-refractivity contribution in [3.05, 3.63) is 64.3 Å². The lowest BCUT2D eigenvalue weighted by Gasteiger charge is -2.19. The average Bonchev–Trinajstić information content (AvgIpc) is 2.69. The van der Waals surface area contributed by atoms with Gasteiger partial charge in [0.05, 0.1) is 5.56 Å². The SMILES string of the molecule is O=C(O)c1ccccc1-c1c2ccc(=O)c(S(=O)(=O)O)c-2oc2c(S(=O)(=O)O)c(O)ccc12. The smallest absolute Gasteiger partial charge is 0.336 e. The summed E-state index contributed by atoms with van der Waals surface area (Å²) < 4.78 is 72.6. The summed E-state index contributed by atoms with van der Waals surface area (Å²) in [5.74, 6) is -3.14. The third-order valence-corrected chi connectivity index (χ3v) is 6.67. The number of benzene rings is 3. The second kappa shape index (κ2) is 7.38. The minimum Gasteiger partial charge on any atom is -0.506 e. The van der Waals surface area contributed by atoms with Crippen LogP contribution in [0.5, 0.6) is 5.75 Å². The normalized spacial score (nSPS) is 12.3. The molecule has 0 unspecified atom stereocenters. The van der Waals surface area contributed by atoms with Gasteiger partial charge in [0.15, 0.2) is 21.1 Å². The summed E-state index contributed by atoms with van der Waals surface area (Å²) in [4.78, 5) is 21.7. The molecule has 0 bridgehead atoms. The van der Waals surface area contributed by atoms with Crippen LogP contribution < -0.4 is 5.43 Å². The lowest BCUT2D eigenvalue weighted by molar-refractivity contribution is 0.0697. The Morgan fingerprint density at radius 1 is 0.818 bits per heavy atom. The molecule has 0 atom stereocenters. The van der Waals surface area contributed by atoms with E-state index in [0.29, 0.717) is 0 Å². The van der Waals surface area contributed by atoms with Crippen molar-refractivity contribution >= 4 is 37.2 Å². The van der Waals surface area contributed by atoms with Gasteiger partial charge in [0, 0.05) is 16.5 Å². The van der Waals surface area contributed by atoms with Crippen LogP contribution in [0.2, 0.25) is 0 Å². The molecule has 170 valence electrons. The highest BCUT2D eigenvalue weighted by molar-refractivity contribution is 7.86. The predicted molar refractivity (Wildman–Crippen MR) is 113 cm³/mol. The Hall–Kier alpha value is -3.78. The van der Waals surface area contributed by atoms with E-state index in [0.717, 1.165) is 24.3 Å². The molecular weight excluding hydrogens is 480 g/mol. The van der Waals surface area contributed by atoms with Crippen molar-refractivity contribution in [1.82, 2.24) is 0 Å². The van der Waals surface area contributed by atoms with Crippen molar-refractivity contribution in [3.63, 3.8) is 0 Å². The maximum atomic E-state index is 12.3. The van der Waals surface area contributed by atoms with Crippen molar-refractivity contribution in [3.8, 4) is 28.2 Å². The molecule has 13 heteroatoms. The van der Waals surface area contributed by atoms with Gasteiger partial charge >= 0.3 is 26.2 Å². The maximum Gasteiger partial charge on any atom is 0.336 e. The van der Waals surface area contributed by atoms with Gasteiger partial charge in [-0.05, 0) is 35.9 Å². The van der Waals surface area contributed by atoms with E-state index in [1.165, 1.54) is 24.3 Å². The van der Waals surface area contributed by atoms with Gasteiger partial charge in [-0.15, -0.1) is 0 Å². The summed E-state index contributed by atoms with van der Waals surface area (Å²) in [7, 11) is -10.4. The highest BCUT2D eigenvalue weighted by Gasteiger charge is 2.32. The van der Waals surface area contributed by atoms with E-state index in [-0.39, 0.29) is 27.6 Å². The first kappa shape index (κ1) is 22.4. The molecule has 1 heterocycles. The number of hydrogen-bond donors (Lipinski definition) is 4. The minimum absolute atomic E-state index is 0.0253. The Bertz CT molecular complexity index is 1720. The predicted octanol–water partition coefficient (Wildman–Crippen LogP) is 2.46. The number of hydrogen-bond acceptors (Lipinski definition) is 8. The number of fused-ring (bicyclic) bond motifs is 2. The fourth-order valence-electron chi connectivity index (χ4n) is 3.61. The van der Waals surface area contributed by atoms with Crippen molar-refractivity contribution in [2.45, 2.75) is 9.79 Å². The van der Waals surface area contributed by atoms with Crippen LogP contribution in [0.15, 0.2) is 67.5 Å². The molecule has 2 aliphatic rings. The molecule has 0 amide bonds. The second-order valence-electron chi connectivity index (χ2n) is 6.84. The molecule has 1 aliphatic carbocycles. The van der Waals surface area contributed by atoms with E-state index in [1.54, 1.807) is 0 Å². The lowest BCUT2D eigenvalue weighted by atomic mass is 9.91. The van der Waals surface area contributed by atoms with E-state index in [4.69, 9.17) is 4.42 Å². The molecule has 4 rings (SSSR count). The highest BCUT2D eigenvalue weighted by Crippen LogP contribution is 2.46. The zero-order chi connectivity index (χ0) is 24.3. The molecule has 1 aliphatic heterocycles. The summed E-state index contributed by atoms with van der Waals surface area (Å²) >= 11 is 0. The Morgan fingerprint density at radius 2 is 1.45 bits per heavy atom. The van der Waals surface area contributed by atoms with Crippen LogP contribution in [0.3, 0.4) is 0 Å².